The van der Waals surface area contributed by atoms with Crippen molar-refractivity contribution in [1.82, 2.24) is 9.97 Å². The number of ether oxygens (including phenoxy) is 1. The van der Waals surface area contributed by atoms with Crippen LogP contribution in [-0.4, -0.2) is 15.9 Å². The highest BCUT2D eigenvalue weighted by Gasteiger charge is 2.09. The summed E-state index contributed by atoms with van der Waals surface area (Å²) in [7, 11) is 0. The van der Waals surface area contributed by atoms with E-state index < -0.39 is 0 Å². The number of aromatic nitrogens is 2. The van der Waals surface area contributed by atoms with Gasteiger partial charge in [-0.1, -0.05) is 42.0 Å². The Morgan fingerprint density at radius 1 is 0.839 bits per heavy atom. The molecule has 4 aromatic rings. The lowest BCUT2D eigenvalue weighted by molar-refractivity contribution is 0.102. The molecule has 4 rings (SSSR count). The molecule has 1 N–H and O–H groups in total. The van der Waals surface area contributed by atoms with Gasteiger partial charge in [-0.15, -0.1) is 0 Å². The van der Waals surface area contributed by atoms with Crippen LogP contribution < -0.4 is 10.1 Å². The maximum absolute atomic E-state index is 12.5. The van der Waals surface area contributed by atoms with E-state index in [9.17, 15) is 4.79 Å². The summed E-state index contributed by atoms with van der Waals surface area (Å²) < 4.78 is 5.73. The van der Waals surface area contributed by atoms with Gasteiger partial charge in [-0.25, -0.2) is 9.97 Å². The maximum atomic E-state index is 12.5. The first-order valence-electron chi connectivity index (χ1n) is 10.0. The second-order valence-corrected chi connectivity index (χ2v) is 7.47. The van der Waals surface area contributed by atoms with Crippen molar-refractivity contribution in [3.63, 3.8) is 0 Å². The number of benzene rings is 3. The summed E-state index contributed by atoms with van der Waals surface area (Å²) in [5.74, 6) is 0.393. The first-order valence-corrected chi connectivity index (χ1v) is 10.0. The first-order chi connectivity index (χ1) is 15.0. The molecule has 154 valence electrons. The number of nitrogens with one attached hydrogen (secondary N) is 1. The van der Waals surface area contributed by atoms with Crippen LogP contribution in [0.4, 0.5) is 5.69 Å². The van der Waals surface area contributed by atoms with Crippen molar-refractivity contribution in [2.75, 3.05) is 5.32 Å². The molecule has 0 unspecified atom stereocenters. The van der Waals surface area contributed by atoms with Gasteiger partial charge in [0.1, 0.15) is 5.75 Å². The van der Waals surface area contributed by atoms with E-state index in [0.29, 0.717) is 11.3 Å². The fourth-order valence-electron chi connectivity index (χ4n) is 3.33. The Morgan fingerprint density at radius 3 is 2.23 bits per heavy atom. The number of carbonyl (C=O) groups excluding carboxylic acids is 1. The van der Waals surface area contributed by atoms with Crippen LogP contribution in [0.2, 0.25) is 0 Å². The molecule has 1 amide bonds. The Balaban J connectivity index is 1.42. The lowest BCUT2D eigenvalue weighted by atomic mass is 10.0. The fraction of sp³-hybridized carbons (Fsp3) is 0.115. The Bertz CT molecular complexity index is 1220. The molecule has 0 radical (unpaired) electrons. The predicted molar refractivity (Wildman–Crippen MR) is 123 cm³/mol. The van der Waals surface area contributed by atoms with Gasteiger partial charge in [0.25, 0.3) is 5.91 Å². The third kappa shape index (κ3) is 4.78. The lowest BCUT2D eigenvalue weighted by Gasteiger charge is -2.10. The van der Waals surface area contributed by atoms with E-state index in [-0.39, 0.29) is 11.9 Å². The Hall–Kier alpha value is -3.99. The minimum atomic E-state index is -0.169. The Labute approximate surface area is 181 Å². The minimum Gasteiger partial charge on any atom is -0.424 e. The van der Waals surface area contributed by atoms with Crippen LogP contribution in [0.3, 0.4) is 0 Å². The van der Waals surface area contributed by atoms with E-state index in [0.717, 1.165) is 33.5 Å². The van der Waals surface area contributed by atoms with E-state index in [2.05, 4.69) is 28.3 Å². The molecule has 31 heavy (non-hydrogen) atoms. The second-order valence-electron chi connectivity index (χ2n) is 7.47. The number of hydrogen-bond donors (Lipinski definition) is 1. The van der Waals surface area contributed by atoms with E-state index in [4.69, 9.17) is 4.74 Å². The zero-order chi connectivity index (χ0) is 21.8. The lowest BCUT2D eigenvalue weighted by Crippen LogP contribution is -2.12. The summed E-state index contributed by atoms with van der Waals surface area (Å²) in [5, 5.41) is 2.94. The van der Waals surface area contributed by atoms with Crippen LogP contribution in [0.15, 0.2) is 79.1 Å². The monoisotopic (exact) mass is 409 g/mol. The van der Waals surface area contributed by atoms with Crippen LogP contribution in [0, 0.1) is 20.8 Å². The van der Waals surface area contributed by atoms with E-state index in [1.165, 1.54) is 0 Å². The summed E-state index contributed by atoms with van der Waals surface area (Å²) in [5.41, 5.74) is 6.72. The molecule has 0 saturated carbocycles. The number of nitrogens with zero attached hydrogens (tertiary/aromatic N) is 2. The van der Waals surface area contributed by atoms with Crippen molar-refractivity contribution >= 4 is 11.6 Å². The highest BCUT2D eigenvalue weighted by molar-refractivity contribution is 6.04. The topological polar surface area (TPSA) is 64.1 Å². The van der Waals surface area contributed by atoms with Crippen molar-refractivity contribution in [3.8, 4) is 22.9 Å². The molecular formula is C26H23N3O2. The fourth-order valence-corrected chi connectivity index (χ4v) is 3.33. The first kappa shape index (κ1) is 20.3. The van der Waals surface area contributed by atoms with Gasteiger partial charge in [-0.05, 0) is 67.8 Å². The van der Waals surface area contributed by atoms with Crippen LogP contribution in [0.25, 0.3) is 11.1 Å². The molecule has 0 atom stereocenters. The number of aryl methyl sites for hydroxylation is 3. The quantitative estimate of drug-likeness (QED) is 0.432. The molecule has 5 heteroatoms. The average molecular weight is 409 g/mol. The van der Waals surface area contributed by atoms with Gasteiger partial charge < -0.3 is 10.1 Å². The maximum Gasteiger partial charge on any atom is 0.321 e. The smallest absolute Gasteiger partial charge is 0.321 e. The predicted octanol–water partition coefficient (Wildman–Crippen LogP) is 6.11. The van der Waals surface area contributed by atoms with Gasteiger partial charge in [-0.2, -0.15) is 0 Å². The second kappa shape index (κ2) is 8.79. The van der Waals surface area contributed by atoms with E-state index in [1.54, 1.807) is 36.7 Å². The molecule has 0 saturated heterocycles. The molecule has 0 aliphatic heterocycles. The number of anilines is 1. The molecule has 1 heterocycles. The normalized spacial score (nSPS) is 10.5. The summed E-state index contributed by atoms with van der Waals surface area (Å²) >= 11 is 0. The molecule has 3 aromatic carbocycles. The summed E-state index contributed by atoms with van der Waals surface area (Å²) in [6.07, 6.45) is 3.49. The molecule has 0 aliphatic carbocycles. The van der Waals surface area contributed by atoms with Crippen molar-refractivity contribution in [1.29, 1.82) is 0 Å². The number of carbonyl (C=O) groups is 1. The van der Waals surface area contributed by atoms with Gasteiger partial charge in [-0.3, -0.25) is 4.79 Å². The summed E-state index contributed by atoms with van der Waals surface area (Å²) in [6, 6.07) is 21.2. The molecule has 5 nitrogen and oxygen atoms in total. The largest absolute Gasteiger partial charge is 0.424 e. The van der Waals surface area contributed by atoms with Crippen LogP contribution in [-0.2, 0) is 0 Å². The van der Waals surface area contributed by atoms with Crippen molar-refractivity contribution in [2.45, 2.75) is 20.8 Å². The highest BCUT2D eigenvalue weighted by atomic mass is 16.5. The molecule has 0 aliphatic rings. The molecule has 0 spiro atoms. The Morgan fingerprint density at radius 2 is 1.55 bits per heavy atom. The number of hydrogen-bond acceptors (Lipinski definition) is 4. The van der Waals surface area contributed by atoms with E-state index >= 15 is 0 Å². The van der Waals surface area contributed by atoms with Gasteiger partial charge in [0.05, 0.1) is 0 Å². The van der Waals surface area contributed by atoms with Gasteiger partial charge in [0.15, 0.2) is 0 Å². The van der Waals surface area contributed by atoms with Crippen LogP contribution >= 0.6 is 0 Å². The van der Waals surface area contributed by atoms with E-state index in [1.807, 2.05) is 50.2 Å². The molecule has 1 aromatic heterocycles. The molecular weight excluding hydrogens is 386 g/mol. The zero-order valence-electron chi connectivity index (χ0n) is 17.7. The SMILES string of the molecule is Cc1ccc(NC(=O)c2ccc(Oc3ncc(-c4ccccc4C)cn3)cc2)c(C)c1. The van der Waals surface area contributed by atoms with Gasteiger partial charge >= 0.3 is 6.01 Å². The average Bonchev–Trinajstić information content (AvgIpc) is 2.77. The van der Waals surface area contributed by atoms with Gasteiger partial charge in [0.2, 0.25) is 0 Å². The van der Waals surface area contributed by atoms with Gasteiger partial charge in [0, 0.05) is 29.2 Å². The summed E-state index contributed by atoms with van der Waals surface area (Å²) in [4.78, 5) is 21.2. The minimum absolute atomic E-state index is 0.169. The molecule has 0 bridgehead atoms. The third-order valence-electron chi connectivity index (χ3n) is 5.04. The summed E-state index contributed by atoms with van der Waals surface area (Å²) in [6.45, 7) is 6.05. The van der Waals surface area contributed by atoms with Crippen LogP contribution in [0.1, 0.15) is 27.0 Å². The standard InChI is InChI=1S/C26H23N3O2/c1-17-8-13-24(19(3)14-17)29-25(30)20-9-11-22(12-10-20)31-26-27-15-21(16-28-26)23-7-5-4-6-18(23)2/h4-16H,1-3H3,(H,29,30). The van der Waals surface area contributed by atoms with Crippen LogP contribution in [0.5, 0.6) is 11.8 Å². The van der Waals surface area contributed by atoms with Crippen molar-refractivity contribution in [3.05, 3.63) is 101 Å². The zero-order valence-corrected chi connectivity index (χ0v) is 17.7. The molecule has 0 fully saturated rings. The van der Waals surface area contributed by atoms with Crippen molar-refractivity contribution < 1.29 is 9.53 Å². The third-order valence-corrected chi connectivity index (χ3v) is 5.04. The number of amides is 1. The number of rotatable bonds is 5. The Kier molecular flexibility index (Phi) is 5.76. The van der Waals surface area contributed by atoms with Crippen molar-refractivity contribution in [2.24, 2.45) is 0 Å². The highest BCUT2D eigenvalue weighted by Crippen LogP contribution is 2.24.